The highest BCUT2D eigenvalue weighted by molar-refractivity contribution is 7.91. The molecule has 1 saturated heterocycles. The Morgan fingerprint density at radius 2 is 2.28 bits per heavy atom. The first-order valence-corrected chi connectivity index (χ1v) is 7.51. The van der Waals surface area contributed by atoms with Crippen molar-refractivity contribution in [2.24, 2.45) is 0 Å². The highest BCUT2D eigenvalue weighted by atomic mass is 32.2. The number of carbonyl (C=O) groups excluding carboxylic acids is 1. The Morgan fingerprint density at radius 1 is 1.50 bits per heavy atom. The zero-order valence-electron chi connectivity index (χ0n) is 9.80. The molecule has 1 aliphatic heterocycles. The van der Waals surface area contributed by atoms with Gasteiger partial charge in [-0.2, -0.15) is 0 Å². The van der Waals surface area contributed by atoms with Crippen LogP contribution in [0.3, 0.4) is 0 Å². The minimum atomic E-state index is -3.03. The predicted molar refractivity (Wildman–Crippen MR) is 67.8 cm³/mol. The summed E-state index contributed by atoms with van der Waals surface area (Å²) >= 11 is 0. The predicted octanol–water partition coefficient (Wildman–Crippen LogP) is -0.0292. The van der Waals surface area contributed by atoms with Crippen molar-refractivity contribution in [3.05, 3.63) is 24.0 Å². The summed E-state index contributed by atoms with van der Waals surface area (Å²) in [6, 6.07) is 1.19. The Bertz CT molecular complexity index is 556. The average molecular weight is 269 g/mol. The number of nitrogens with zero attached hydrogens (tertiary/aromatic N) is 1. The molecule has 1 atom stereocenters. The Hall–Kier alpha value is -1.63. The van der Waals surface area contributed by atoms with Crippen molar-refractivity contribution in [3.8, 4) is 0 Å². The van der Waals surface area contributed by atoms with Crippen LogP contribution in [0.15, 0.2) is 18.5 Å². The second-order valence-electron chi connectivity index (χ2n) is 4.39. The number of sulfone groups is 1. The van der Waals surface area contributed by atoms with Gasteiger partial charge in [0.15, 0.2) is 9.84 Å². The first kappa shape index (κ1) is 12.8. The van der Waals surface area contributed by atoms with E-state index in [9.17, 15) is 13.2 Å². The number of rotatable bonds is 2. The van der Waals surface area contributed by atoms with Crippen LogP contribution in [0.5, 0.6) is 0 Å². The second-order valence-corrected chi connectivity index (χ2v) is 6.62. The summed E-state index contributed by atoms with van der Waals surface area (Å²) in [5.74, 6) is -0.141. The van der Waals surface area contributed by atoms with E-state index in [0.29, 0.717) is 18.4 Å². The number of nitrogen functional groups attached to an aromatic ring is 1. The van der Waals surface area contributed by atoms with Gasteiger partial charge in [-0.05, 0) is 18.9 Å². The van der Waals surface area contributed by atoms with Crippen molar-refractivity contribution in [2.75, 3.05) is 17.2 Å². The molecule has 1 amide bonds. The number of nitrogens with two attached hydrogens (primary N) is 1. The van der Waals surface area contributed by atoms with Crippen LogP contribution in [0.1, 0.15) is 23.2 Å². The fourth-order valence-corrected chi connectivity index (χ4v) is 3.65. The highest BCUT2D eigenvalue weighted by Crippen LogP contribution is 2.14. The van der Waals surface area contributed by atoms with E-state index in [4.69, 9.17) is 5.73 Å². The summed E-state index contributed by atoms with van der Waals surface area (Å²) in [6.45, 7) is 0. The number of aromatic nitrogens is 1. The van der Waals surface area contributed by atoms with E-state index in [1.165, 1.54) is 18.5 Å². The fourth-order valence-electron chi connectivity index (χ4n) is 2.01. The van der Waals surface area contributed by atoms with E-state index in [1.54, 1.807) is 0 Å². The normalized spacial score (nSPS) is 22.3. The molecule has 2 heterocycles. The molecule has 0 aromatic carbocycles. The van der Waals surface area contributed by atoms with E-state index in [2.05, 4.69) is 10.3 Å². The third-order valence-electron chi connectivity index (χ3n) is 2.89. The molecule has 1 unspecified atom stereocenters. The number of pyridine rings is 1. The van der Waals surface area contributed by atoms with Crippen LogP contribution in [0, 0.1) is 0 Å². The van der Waals surface area contributed by atoms with Gasteiger partial charge in [-0.1, -0.05) is 0 Å². The topological polar surface area (TPSA) is 102 Å². The van der Waals surface area contributed by atoms with Gasteiger partial charge in [-0.25, -0.2) is 8.42 Å². The molecule has 0 radical (unpaired) electrons. The highest BCUT2D eigenvalue weighted by Gasteiger charge is 2.26. The molecule has 3 N–H and O–H groups in total. The van der Waals surface area contributed by atoms with Crippen LogP contribution in [-0.2, 0) is 9.84 Å². The summed E-state index contributed by atoms with van der Waals surface area (Å²) in [4.78, 5) is 15.7. The summed E-state index contributed by atoms with van der Waals surface area (Å²) in [6.07, 6.45) is 4.13. The van der Waals surface area contributed by atoms with Gasteiger partial charge in [0.05, 0.1) is 29.0 Å². The largest absolute Gasteiger partial charge is 0.397 e. The van der Waals surface area contributed by atoms with Gasteiger partial charge in [0, 0.05) is 12.2 Å². The first-order chi connectivity index (χ1) is 8.48. The first-order valence-electron chi connectivity index (χ1n) is 5.69. The Kier molecular flexibility index (Phi) is 3.51. The maximum absolute atomic E-state index is 11.9. The number of carbonyl (C=O) groups is 1. The summed E-state index contributed by atoms with van der Waals surface area (Å²) in [7, 11) is -3.03. The standard InChI is InChI=1S/C11H15N3O3S/c12-10-6-13-4-3-9(10)11(15)14-8-2-1-5-18(16,17)7-8/h3-4,6,8H,1-2,5,7,12H2,(H,14,15). The Labute approximate surface area is 106 Å². The van der Waals surface area contributed by atoms with Gasteiger partial charge < -0.3 is 11.1 Å². The van der Waals surface area contributed by atoms with Crippen LogP contribution in [0.2, 0.25) is 0 Å². The molecule has 0 spiro atoms. The zero-order valence-corrected chi connectivity index (χ0v) is 10.6. The minimum absolute atomic E-state index is 0.00370. The molecular weight excluding hydrogens is 254 g/mol. The van der Waals surface area contributed by atoms with Gasteiger partial charge in [-0.15, -0.1) is 0 Å². The van der Waals surface area contributed by atoms with Crippen molar-refractivity contribution in [2.45, 2.75) is 18.9 Å². The molecular formula is C11H15N3O3S. The molecule has 18 heavy (non-hydrogen) atoms. The maximum atomic E-state index is 11.9. The fraction of sp³-hybridized carbons (Fsp3) is 0.455. The van der Waals surface area contributed by atoms with Crippen molar-refractivity contribution in [1.29, 1.82) is 0 Å². The Morgan fingerprint density at radius 3 is 2.94 bits per heavy atom. The third kappa shape index (κ3) is 2.98. The lowest BCUT2D eigenvalue weighted by molar-refractivity contribution is 0.0939. The smallest absolute Gasteiger partial charge is 0.253 e. The number of anilines is 1. The van der Waals surface area contributed by atoms with E-state index < -0.39 is 9.84 Å². The van der Waals surface area contributed by atoms with Crippen molar-refractivity contribution >= 4 is 21.4 Å². The average Bonchev–Trinajstić information content (AvgIpc) is 2.28. The quantitative estimate of drug-likeness (QED) is 0.785. The van der Waals surface area contributed by atoms with Gasteiger partial charge in [0.25, 0.3) is 5.91 Å². The van der Waals surface area contributed by atoms with Crippen molar-refractivity contribution in [3.63, 3.8) is 0 Å². The monoisotopic (exact) mass is 269 g/mol. The van der Waals surface area contributed by atoms with Crippen LogP contribution in [0.4, 0.5) is 5.69 Å². The Balaban J connectivity index is 2.06. The molecule has 1 aromatic rings. The van der Waals surface area contributed by atoms with Gasteiger partial charge >= 0.3 is 0 Å². The van der Waals surface area contributed by atoms with Gasteiger partial charge in [-0.3, -0.25) is 9.78 Å². The van der Waals surface area contributed by atoms with Gasteiger partial charge in [0.1, 0.15) is 0 Å². The van der Waals surface area contributed by atoms with Crippen LogP contribution in [0.25, 0.3) is 0 Å². The molecule has 98 valence electrons. The lowest BCUT2D eigenvalue weighted by Gasteiger charge is -2.23. The molecule has 0 bridgehead atoms. The summed E-state index contributed by atoms with van der Waals surface area (Å²) < 4.78 is 22.9. The second kappa shape index (κ2) is 4.93. The van der Waals surface area contributed by atoms with Crippen molar-refractivity contribution in [1.82, 2.24) is 10.3 Å². The lowest BCUT2D eigenvalue weighted by Crippen LogP contribution is -2.43. The van der Waals surface area contributed by atoms with Crippen LogP contribution >= 0.6 is 0 Å². The number of hydrogen-bond donors (Lipinski definition) is 2. The van der Waals surface area contributed by atoms with Gasteiger partial charge in [0.2, 0.25) is 0 Å². The maximum Gasteiger partial charge on any atom is 0.253 e. The molecule has 1 aromatic heterocycles. The third-order valence-corrected chi connectivity index (χ3v) is 4.72. The van der Waals surface area contributed by atoms with E-state index in [0.717, 1.165) is 0 Å². The number of nitrogens with one attached hydrogen (secondary N) is 1. The molecule has 0 aliphatic carbocycles. The van der Waals surface area contributed by atoms with E-state index in [-0.39, 0.29) is 29.1 Å². The molecule has 6 nitrogen and oxygen atoms in total. The SMILES string of the molecule is Nc1cnccc1C(=O)NC1CCCS(=O)(=O)C1. The molecule has 7 heteroatoms. The summed E-state index contributed by atoms with van der Waals surface area (Å²) in [5, 5.41) is 2.71. The molecule has 1 fully saturated rings. The summed E-state index contributed by atoms with van der Waals surface area (Å²) in [5.41, 5.74) is 6.25. The molecule has 1 aliphatic rings. The van der Waals surface area contributed by atoms with Crippen LogP contribution in [-0.4, -0.2) is 36.9 Å². The van der Waals surface area contributed by atoms with Crippen LogP contribution < -0.4 is 11.1 Å². The number of hydrogen-bond acceptors (Lipinski definition) is 5. The van der Waals surface area contributed by atoms with E-state index >= 15 is 0 Å². The number of amides is 1. The van der Waals surface area contributed by atoms with Crippen molar-refractivity contribution < 1.29 is 13.2 Å². The lowest BCUT2D eigenvalue weighted by atomic mass is 10.1. The molecule has 0 saturated carbocycles. The zero-order chi connectivity index (χ0) is 13.2. The van der Waals surface area contributed by atoms with E-state index in [1.807, 2.05) is 0 Å². The molecule has 2 rings (SSSR count). The minimum Gasteiger partial charge on any atom is -0.397 e.